The van der Waals surface area contributed by atoms with Gasteiger partial charge < -0.3 is 15.0 Å². The molecule has 0 spiro atoms. The zero-order valence-electron chi connectivity index (χ0n) is 17.5. The Labute approximate surface area is 183 Å². The van der Waals surface area contributed by atoms with Gasteiger partial charge in [0, 0.05) is 40.5 Å². The van der Waals surface area contributed by atoms with Crippen molar-refractivity contribution in [3.8, 4) is 17.0 Å². The number of hydrogen-bond acceptors (Lipinski definition) is 3. The number of rotatable bonds is 7. The summed E-state index contributed by atoms with van der Waals surface area (Å²) in [4.78, 5) is 6.93. The molecular formula is C25H22F3N3O. The van der Waals surface area contributed by atoms with Crippen molar-refractivity contribution in [1.29, 1.82) is 0 Å². The monoisotopic (exact) mass is 437 g/mol. The van der Waals surface area contributed by atoms with Gasteiger partial charge in [-0.05, 0) is 55.0 Å². The molecule has 2 aromatic heterocycles. The lowest BCUT2D eigenvalue weighted by Crippen LogP contribution is -2.11. The summed E-state index contributed by atoms with van der Waals surface area (Å²) in [6.07, 6.45) is -2.65. The normalized spacial score (nSPS) is 11.5. The van der Waals surface area contributed by atoms with Crippen molar-refractivity contribution in [2.75, 3.05) is 6.61 Å². The summed E-state index contributed by atoms with van der Waals surface area (Å²) in [5, 5.41) is 3.73. The van der Waals surface area contributed by atoms with Crippen LogP contribution in [0, 0.1) is 0 Å². The van der Waals surface area contributed by atoms with E-state index in [4.69, 9.17) is 4.74 Å². The van der Waals surface area contributed by atoms with Crippen LogP contribution in [0.15, 0.2) is 73.4 Å². The van der Waals surface area contributed by atoms with Crippen molar-refractivity contribution in [1.82, 2.24) is 15.3 Å². The summed E-state index contributed by atoms with van der Waals surface area (Å²) >= 11 is 0. The van der Waals surface area contributed by atoms with Crippen molar-refractivity contribution < 1.29 is 17.9 Å². The van der Waals surface area contributed by atoms with Gasteiger partial charge in [0.05, 0.1) is 12.3 Å². The number of hydrogen-bond donors (Lipinski definition) is 2. The molecule has 0 aliphatic rings. The molecule has 0 saturated heterocycles. The molecule has 0 aliphatic carbocycles. The first-order chi connectivity index (χ1) is 15.3. The molecule has 4 aromatic rings. The van der Waals surface area contributed by atoms with E-state index in [2.05, 4.69) is 21.9 Å². The number of fused-ring (bicyclic) bond motifs is 1. The molecule has 0 saturated carbocycles. The Hall–Kier alpha value is -3.74. The van der Waals surface area contributed by atoms with E-state index in [1.807, 2.05) is 43.3 Å². The van der Waals surface area contributed by atoms with Crippen LogP contribution in [0.3, 0.4) is 0 Å². The molecule has 0 amide bonds. The Morgan fingerprint density at radius 3 is 2.66 bits per heavy atom. The van der Waals surface area contributed by atoms with Crippen LogP contribution in [0.5, 0.6) is 5.75 Å². The number of halogens is 3. The lowest BCUT2D eigenvalue weighted by molar-refractivity contribution is -0.140. The molecule has 4 rings (SSSR count). The van der Waals surface area contributed by atoms with Gasteiger partial charge in [-0.1, -0.05) is 24.8 Å². The summed E-state index contributed by atoms with van der Waals surface area (Å²) in [6.45, 7) is 7.02. The maximum Gasteiger partial charge on any atom is 0.431 e. The summed E-state index contributed by atoms with van der Waals surface area (Å²) in [6, 6.07) is 17.9. The Bertz CT molecular complexity index is 1240. The number of H-pyrrole nitrogens is 1. The zero-order valence-corrected chi connectivity index (χ0v) is 17.5. The van der Waals surface area contributed by atoms with Gasteiger partial charge in [-0.25, -0.2) is 0 Å². The highest BCUT2D eigenvalue weighted by Crippen LogP contribution is 2.31. The highest BCUT2D eigenvalue weighted by molar-refractivity contribution is 5.81. The topological polar surface area (TPSA) is 49.9 Å². The van der Waals surface area contributed by atoms with Crippen LogP contribution in [0.4, 0.5) is 13.2 Å². The van der Waals surface area contributed by atoms with Crippen molar-refractivity contribution >= 4 is 16.6 Å². The van der Waals surface area contributed by atoms with E-state index in [1.54, 1.807) is 24.4 Å². The number of nitrogens with zero attached hydrogens (tertiary/aromatic N) is 1. The average Bonchev–Trinajstić information content (AvgIpc) is 3.22. The third-order valence-corrected chi connectivity index (χ3v) is 5.05. The van der Waals surface area contributed by atoms with Crippen molar-refractivity contribution in [3.05, 3.63) is 90.3 Å². The first-order valence-corrected chi connectivity index (χ1v) is 10.1. The molecule has 7 heteroatoms. The molecule has 164 valence electrons. The SMILES string of the molecule is C=C(NCc1ccc2[nH]c(C(F)(F)F)cc2c1)c1ccc(-c2cccc(OCC)c2)nc1. The van der Waals surface area contributed by atoms with Gasteiger partial charge in [-0.3, -0.25) is 4.98 Å². The van der Waals surface area contributed by atoms with E-state index < -0.39 is 11.9 Å². The van der Waals surface area contributed by atoms with E-state index in [0.717, 1.165) is 34.2 Å². The Morgan fingerprint density at radius 2 is 1.94 bits per heavy atom. The summed E-state index contributed by atoms with van der Waals surface area (Å²) in [7, 11) is 0. The molecule has 2 heterocycles. The second-order valence-corrected chi connectivity index (χ2v) is 7.33. The molecule has 0 bridgehead atoms. The van der Waals surface area contributed by atoms with Crippen LogP contribution in [0.25, 0.3) is 27.9 Å². The number of ether oxygens (including phenoxy) is 1. The third kappa shape index (κ3) is 4.77. The van der Waals surface area contributed by atoms with Crippen LogP contribution in [-0.4, -0.2) is 16.6 Å². The molecule has 32 heavy (non-hydrogen) atoms. The first kappa shape index (κ1) is 21.5. The lowest BCUT2D eigenvalue weighted by Gasteiger charge is -2.11. The molecule has 0 aliphatic heterocycles. The van der Waals surface area contributed by atoms with Crippen LogP contribution >= 0.6 is 0 Å². The van der Waals surface area contributed by atoms with Gasteiger partial charge in [0.15, 0.2) is 0 Å². The number of benzene rings is 2. The van der Waals surface area contributed by atoms with E-state index in [9.17, 15) is 13.2 Å². The third-order valence-electron chi connectivity index (χ3n) is 5.05. The average molecular weight is 437 g/mol. The fourth-order valence-corrected chi connectivity index (χ4v) is 3.41. The smallest absolute Gasteiger partial charge is 0.431 e. The Morgan fingerprint density at radius 1 is 1.09 bits per heavy atom. The van der Waals surface area contributed by atoms with Gasteiger partial charge in [0.25, 0.3) is 0 Å². The van der Waals surface area contributed by atoms with Crippen molar-refractivity contribution in [2.24, 2.45) is 0 Å². The second kappa shape index (κ2) is 8.78. The fraction of sp³-hybridized carbons (Fsp3) is 0.160. The molecular weight excluding hydrogens is 415 g/mol. The number of pyridine rings is 1. The van der Waals surface area contributed by atoms with E-state index in [-0.39, 0.29) is 0 Å². The van der Waals surface area contributed by atoms with Gasteiger partial charge in [-0.2, -0.15) is 13.2 Å². The predicted molar refractivity (Wildman–Crippen MR) is 120 cm³/mol. The summed E-state index contributed by atoms with van der Waals surface area (Å²) in [5.74, 6) is 0.795. The molecule has 0 atom stereocenters. The number of nitrogens with one attached hydrogen (secondary N) is 2. The standard InChI is InChI=1S/C25H22F3N3O/c1-3-32-21-6-4-5-18(12-21)22-10-8-19(15-30-22)16(2)29-14-17-7-9-23-20(11-17)13-24(31-23)25(26,27)28/h4-13,15,29,31H,2-3,14H2,1H3. The maximum atomic E-state index is 12.9. The van der Waals surface area contributed by atoms with Gasteiger partial charge in [0.1, 0.15) is 11.4 Å². The van der Waals surface area contributed by atoms with Crippen LogP contribution in [-0.2, 0) is 12.7 Å². The minimum Gasteiger partial charge on any atom is -0.494 e. The number of alkyl halides is 3. The quantitative estimate of drug-likeness (QED) is 0.351. The molecule has 2 N–H and O–H groups in total. The Kier molecular flexibility index (Phi) is 5.90. The van der Waals surface area contributed by atoms with Crippen LogP contribution < -0.4 is 10.1 Å². The van der Waals surface area contributed by atoms with E-state index >= 15 is 0 Å². The molecule has 0 radical (unpaired) electrons. The second-order valence-electron chi connectivity index (χ2n) is 7.33. The van der Waals surface area contributed by atoms with Gasteiger partial charge in [0.2, 0.25) is 0 Å². The van der Waals surface area contributed by atoms with E-state index in [0.29, 0.717) is 29.8 Å². The molecule has 0 unspecified atom stereocenters. The molecule has 2 aromatic carbocycles. The van der Waals surface area contributed by atoms with Gasteiger partial charge in [-0.15, -0.1) is 0 Å². The largest absolute Gasteiger partial charge is 0.494 e. The highest BCUT2D eigenvalue weighted by atomic mass is 19.4. The molecule has 4 nitrogen and oxygen atoms in total. The predicted octanol–water partition coefficient (Wildman–Crippen LogP) is 6.41. The number of aromatic nitrogens is 2. The maximum absolute atomic E-state index is 12.9. The van der Waals surface area contributed by atoms with Crippen LogP contribution in [0.1, 0.15) is 23.7 Å². The van der Waals surface area contributed by atoms with Crippen molar-refractivity contribution in [3.63, 3.8) is 0 Å². The van der Waals surface area contributed by atoms with Crippen LogP contribution in [0.2, 0.25) is 0 Å². The molecule has 0 fully saturated rings. The first-order valence-electron chi connectivity index (χ1n) is 10.1. The summed E-state index contributed by atoms with van der Waals surface area (Å²) < 4.78 is 44.2. The number of aromatic amines is 1. The highest BCUT2D eigenvalue weighted by Gasteiger charge is 2.32. The fourth-order valence-electron chi connectivity index (χ4n) is 3.41. The lowest BCUT2D eigenvalue weighted by atomic mass is 10.1. The summed E-state index contributed by atoms with van der Waals surface area (Å²) in [5.41, 5.74) is 3.84. The minimum absolute atomic E-state index is 0.430. The Balaban J connectivity index is 1.42. The zero-order chi connectivity index (χ0) is 22.7. The minimum atomic E-state index is -4.39. The van der Waals surface area contributed by atoms with Crippen molar-refractivity contribution in [2.45, 2.75) is 19.6 Å². The van der Waals surface area contributed by atoms with E-state index in [1.165, 1.54) is 0 Å². The van der Waals surface area contributed by atoms with Gasteiger partial charge >= 0.3 is 6.18 Å².